The Labute approximate surface area is 101 Å². The third-order valence-corrected chi connectivity index (χ3v) is 4.61. The van der Waals surface area contributed by atoms with E-state index >= 15 is 0 Å². The fraction of sp³-hybridized carbons (Fsp3) is 1.00. The first-order valence-corrected chi connectivity index (χ1v) is 7.29. The van der Waals surface area contributed by atoms with Crippen molar-refractivity contribution in [2.45, 2.75) is 64.5 Å². The van der Waals surface area contributed by atoms with Crippen molar-refractivity contribution in [2.75, 3.05) is 19.6 Å². The minimum atomic E-state index is 0.803. The summed E-state index contributed by atoms with van der Waals surface area (Å²) in [4.78, 5) is 2.84. The average Bonchev–Trinajstić information content (AvgIpc) is 2.54. The first-order chi connectivity index (χ1) is 7.83. The van der Waals surface area contributed by atoms with Crippen LogP contribution in [0, 0.1) is 5.92 Å². The van der Waals surface area contributed by atoms with E-state index < -0.39 is 0 Å². The molecule has 94 valence electrons. The fourth-order valence-corrected chi connectivity index (χ4v) is 3.49. The third-order valence-electron chi connectivity index (χ3n) is 4.61. The zero-order chi connectivity index (χ0) is 11.4. The number of nitrogens with one attached hydrogen (secondary N) is 1. The molecule has 3 unspecified atom stereocenters. The second-order valence-corrected chi connectivity index (χ2v) is 5.69. The second-order valence-electron chi connectivity index (χ2n) is 5.69. The molecule has 0 spiro atoms. The van der Waals surface area contributed by atoms with Gasteiger partial charge < -0.3 is 5.32 Å². The van der Waals surface area contributed by atoms with Gasteiger partial charge >= 0.3 is 0 Å². The highest BCUT2D eigenvalue weighted by Gasteiger charge is 2.31. The van der Waals surface area contributed by atoms with Crippen LogP contribution in [-0.2, 0) is 0 Å². The largest absolute Gasteiger partial charge is 0.315 e. The van der Waals surface area contributed by atoms with Gasteiger partial charge in [0.2, 0.25) is 0 Å². The van der Waals surface area contributed by atoms with Gasteiger partial charge in [-0.1, -0.05) is 26.7 Å². The van der Waals surface area contributed by atoms with E-state index in [9.17, 15) is 0 Å². The third kappa shape index (κ3) is 2.78. The summed E-state index contributed by atoms with van der Waals surface area (Å²) in [5, 5.41) is 3.59. The topological polar surface area (TPSA) is 15.3 Å². The highest BCUT2D eigenvalue weighted by Crippen LogP contribution is 2.26. The summed E-state index contributed by atoms with van der Waals surface area (Å²) < 4.78 is 0. The Morgan fingerprint density at radius 1 is 1.19 bits per heavy atom. The first kappa shape index (κ1) is 12.4. The molecule has 0 aliphatic carbocycles. The summed E-state index contributed by atoms with van der Waals surface area (Å²) in [6.45, 7) is 8.60. The summed E-state index contributed by atoms with van der Waals surface area (Å²) >= 11 is 0. The van der Waals surface area contributed by atoms with E-state index in [4.69, 9.17) is 0 Å². The van der Waals surface area contributed by atoms with Crippen LogP contribution in [0.15, 0.2) is 0 Å². The van der Waals surface area contributed by atoms with Crippen LogP contribution >= 0.6 is 0 Å². The van der Waals surface area contributed by atoms with Crippen molar-refractivity contribution >= 4 is 0 Å². The van der Waals surface area contributed by atoms with E-state index in [1.165, 1.54) is 58.2 Å². The summed E-state index contributed by atoms with van der Waals surface area (Å²) in [7, 11) is 0. The number of nitrogens with zero attached hydrogens (tertiary/aromatic N) is 1. The van der Waals surface area contributed by atoms with E-state index in [0.29, 0.717) is 0 Å². The Morgan fingerprint density at radius 2 is 2.06 bits per heavy atom. The molecular weight excluding hydrogens is 196 g/mol. The molecule has 0 bridgehead atoms. The van der Waals surface area contributed by atoms with Gasteiger partial charge in [-0.25, -0.2) is 0 Å². The fourth-order valence-electron chi connectivity index (χ4n) is 3.49. The number of piperidine rings is 1. The Balaban J connectivity index is 2.02. The standard InChI is InChI=1S/C14H28N2/c1-3-13-7-5-4-6-10-16(13)14-11-15-9-8-12(14)2/h12-15H,3-11H2,1-2H3. The van der Waals surface area contributed by atoms with E-state index in [-0.39, 0.29) is 0 Å². The Kier molecular flexibility index (Phi) is 4.66. The first-order valence-electron chi connectivity index (χ1n) is 7.29. The Bertz CT molecular complexity index is 205. The minimum Gasteiger partial charge on any atom is -0.315 e. The van der Waals surface area contributed by atoms with Crippen molar-refractivity contribution in [3.05, 3.63) is 0 Å². The molecule has 0 aromatic rings. The van der Waals surface area contributed by atoms with Gasteiger partial charge in [0.05, 0.1) is 0 Å². The van der Waals surface area contributed by atoms with Crippen molar-refractivity contribution in [1.82, 2.24) is 10.2 Å². The quantitative estimate of drug-likeness (QED) is 0.776. The number of hydrogen-bond acceptors (Lipinski definition) is 2. The molecule has 0 aromatic heterocycles. The zero-order valence-corrected chi connectivity index (χ0v) is 11.0. The van der Waals surface area contributed by atoms with Gasteiger partial charge in [-0.3, -0.25) is 4.90 Å². The molecule has 0 radical (unpaired) electrons. The zero-order valence-electron chi connectivity index (χ0n) is 11.0. The summed E-state index contributed by atoms with van der Waals surface area (Å²) in [5.74, 6) is 0.883. The van der Waals surface area contributed by atoms with Crippen molar-refractivity contribution < 1.29 is 0 Å². The maximum atomic E-state index is 3.59. The van der Waals surface area contributed by atoms with Gasteiger partial charge in [0.25, 0.3) is 0 Å². The molecule has 2 saturated heterocycles. The molecule has 2 aliphatic heterocycles. The van der Waals surface area contributed by atoms with Gasteiger partial charge in [0.15, 0.2) is 0 Å². The number of hydrogen-bond donors (Lipinski definition) is 1. The predicted molar refractivity (Wildman–Crippen MR) is 69.7 cm³/mol. The molecule has 16 heavy (non-hydrogen) atoms. The minimum absolute atomic E-state index is 0.803. The van der Waals surface area contributed by atoms with E-state index in [1.807, 2.05) is 0 Å². The van der Waals surface area contributed by atoms with Crippen LogP contribution in [-0.4, -0.2) is 36.6 Å². The highest BCUT2D eigenvalue weighted by atomic mass is 15.2. The Morgan fingerprint density at radius 3 is 2.81 bits per heavy atom. The molecule has 2 rings (SSSR count). The molecular formula is C14H28N2. The molecule has 0 saturated carbocycles. The lowest BCUT2D eigenvalue weighted by Crippen LogP contribution is -2.53. The van der Waals surface area contributed by atoms with Crippen LogP contribution < -0.4 is 5.32 Å². The second kappa shape index (κ2) is 6.02. The smallest absolute Gasteiger partial charge is 0.0249 e. The van der Waals surface area contributed by atoms with Crippen LogP contribution in [0.2, 0.25) is 0 Å². The van der Waals surface area contributed by atoms with Crippen LogP contribution in [0.3, 0.4) is 0 Å². The van der Waals surface area contributed by atoms with Crippen molar-refractivity contribution in [2.24, 2.45) is 5.92 Å². The molecule has 2 heteroatoms. The van der Waals surface area contributed by atoms with Crippen molar-refractivity contribution in [1.29, 1.82) is 0 Å². The Hall–Kier alpha value is -0.0800. The van der Waals surface area contributed by atoms with E-state index in [2.05, 4.69) is 24.1 Å². The van der Waals surface area contributed by atoms with Crippen molar-refractivity contribution in [3.63, 3.8) is 0 Å². The van der Waals surface area contributed by atoms with Gasteiger partial charge in [0, 0.05) is 18.6 Å². The maximum Gasteiger partial charge on any atom is 0.0249 e. The van der Waals surface area contributed by atoms with Crippen LogP contribution in [0.4, 0.5) is 0 Å². The molecule has 2 heterocycles. The highest BCUT2D eigenvalue weighted by molar-refractivity contribution is 4.88. The SMILES string of the molecule is CCC1CCCCCN1C1CNCCC1C. The van der Waals surface area contributed by atoms with Crippen molar-refractivity contribution in [3.8, 4) is 0 Å². The maximum absolute atomic E-state index is 3.59. The van der Waals surface area contributed by atoms with E-state index in [1.54, 1.807) is 0 Å². The molecule has 0 amide bonds. The molecule has 2 fully saturated rings. The number of rotatable bonds is 2. The van der Waals surface area contributed by atoms with E-state index in [0.717, 1.165) is 18.0 Å². The average molecular weight is 224 g/mol. The van der Waals surface area contributed by atoms with Gasteiger partial charge in [-0.15, -0.1) is 0 Å². The number of likely N-dealkylation sites (tertiary alicyclic amines) is 1. The van der Waals surface area contributed by atoms with Gasteiger partial charge in [-0.05, 0) is 44.7 Å². The van der Waals surface area contributed by atoms with Crippen LogP contribution in [0.25, 0.3) is 0 Å². The van der Waals surface area contributed by atoms with Gasteiger partial charge in [0.1, 0.15) is 0 Å². The predicted octanol–water partition coefficient (Wildman–Crippen LogP) is 2.64. The molecule has 2 nitrogen and oxygen atoms in total. The monoisotopic (exact) mass is 224 g/mol. The van der Waals surface area contributed by atoms with Crippen LogP contribution in [0.1, 0.15) is 52.4 Å². The lowest BCUT2D eigenvalue weighted by Gasteiger charge is -2.42. The summed E-state index contributed by atoms with van der Waals surface area (Å²) in [5.41, 5.74) is 0. The lowest BCUT2D eigenvalue weighted by atomic mass is 9.91. The molecule has 3 atom stereocenters. The lowest BCUT2D eigenvalue weighted by molar-refractivity contribution is 0.0781. The summed E-state index contributed by atoms with van der Waals surface area (Å²) in [6, 6.07) is 1.66. The van der Waals surface area contributed by atoms with Crippen LogP contribution in [0.5, 0.6) is 0 Å². The normalized spacial score (nSPS) is 38.2. The molecule has 0 aromatic carbocycles. The summed E-state index contributed by atoms with van der Waals surface area (Å²) in [6.07, 6.45) is 8.44. The van der Waals surface area contributed by atoms with Gasteiger partial charge in [-0.2, -0.15) is 0 Å². The molecule has 2 aliphatic rings. The molecule has 1 N–H and O–H groups in total.